The van der Waals surface area contributed by atoms with Crippen LogP contribution < -0.4 is 0 Å². The second-order valence-corrected chi connectivity index (χ2v) is 3.75. The Hall–Kier alpha value is -0.230. The van der Waals surface area contributed by atoms with Gasteiger partial charge in [-0.15, -0.1) is 0 Å². The second kappa shape index (κ2) is 4.65. The van der Waals surface area contributed by atoms with Crippen LogP contribution in [0, 0.1) is 0 Å². The molecule has 0 aromatic rings. The van der Waals surface area contributed by atoms with Crippen molar-refractivity contribution in [3.8, 4) is 0 Å². The van der Waals surface area contributed by atoms with Crippen LogP contribution >= 0.6 is 23.4 Å². The molecule has 14 heteroatoms. The van der Waals surface area contributed by atoms with Crippen molar-refractivity contribution in [3.63, 3.8) is 0 Å². The molecular weight excluding hydrogens is 354 g/mol. The number of hydrogen-bond acceptors (Lipinski definition) is 1. The van der Waals surface area contributed by atoms with Crippen molar-refractivity contribution in [2.75, 3.05) is 0 Å². The normalized spacial score (nSPS) is 16.1. The Kier molecular flexibility index (Phi) is 4.60. The SMILES string of the molecule is FC(F)(F)C(F)(F)C(F)(F)N(Cl)C(F)(F)C(F)(F)Cl. The number of hydrogen-bond donors (Lipinski definition) is 0. The van der Waals surface area contributed by atoms with Crippen molar-refractivity contribution in [2.24, 2.45) is 0 Å². The molecule has 116 valence electrons. The first-order chi connectivity index (χ1) is 7.90. The van der Waals surface area contributed by atoms with Gasteiger partial charge >= 0.3 is 29.6 Å². The first-order valence-corrected chi connectivity index (χ1v) is 4.35. The fourth-order valence-electron chi connectivity index (χ4n) is 0.581. The summed E-state index contributed by atoms with van der Waals surface area (Å²) in [4.78, 5) is 0. The zero-order valence-electron chi connectivity index (χ0n) is 7.86. The molecule has 0 unspecified atom stereocenters. The van der Waals surface area contributed by atoms with Crippen LogP contribution in [-0.2, 0) is 0 Å². The molecule has 0 saturated heterocycles. The Morgan fingerprint density at radius 3 is 1.16 bits per heavy atom. The minimum atomic E-state index is -7.13. The van der Waals surface area contributed by atoms with Crippen LogP contribution in [0.4, 0.5) is 48.3 Å². The van der Waals surface area contributed by atoms with Gasteiger partial charge in [0.05, 0.1) is 0 Å². The van der Waals surface area contributed by atoms with E-state index in [2.05, 4.69) is 23.4 Å². The maximum absolute atomic E-state index is 12.6. The summed E-state index contributed by atoms with van der Waals surface area (Å²) in [5.74, 6) is -7.13. The average Bonchev–Trinajstić information content (AvgIpc) is 2.12. The van der Waals surface area contributed by atoms with Gasteiger partial charge in [-0.1, -0.05) is 4.42 Å². The summed E-state index contributed by atoms with van der Waals surface area (Å²) in [6.45, 7) is 0. The van der Waals surface area contributed by atoms with Gasteiger partial charge in [-0.25, -0.2) is 0 Å². The van der Waals surface area contributed by atoms with Crippen LogP contribution in [-0.4, -0.2) is 34.0 Å². The molecule has 0 N–H and O–H groups in total. The smallest absolute Gasteiger partial charge is 0.187 e. The van der Waals surface area contributed by atoms with Crippen molar-refractivity contribution in [2.45, 2.75) is 29.6 Å². The molecule has 0 atom stereocenters. The molecule has 0 aromatic heterocycles. The predicted octanol–water partition coefficient (Wildman–Crippen LogP) is 4.66. The third-order valence-electron chi connectivity index (χ3n) is 1.57. The van der Waals surface area contributed by atoms with Crippen LogP contribution in [0.25, 0.3) is 0 Å². The Balaban J connectivity index is 5.70. The fourth-order valence-corrected chi connectivity index (χ4v) is 0.922. The first-order valence-electron chi connectivity index (χ1n) is 3.63. The van der Waals surface area contributed by atoms with Crippen molar-refractivity contribution in [3.05, 3.63) is 0 Å². The molecule has 0 heterocycles. The van der Waals surface area contributed by atoms with Crippen LogP contribution in [0.15, 0.2) is 0 Å². The molecular formula is C5Cl2F11N. The Bertz CT molecular complexity index is 331. The molecule has 0 amide bonds. The molecule has 19 heavy (non-hydrogen) atoms. The van der Waals surface area contributed by atoms with E-state index in [9.17, 15) is 48.3 Å². The number of halogens is 13. The highest BCUT2D eigenvalue weighted by atomic mass is 35.5. The summed E-state index contributed by atoms with van der Waals surface area (Å²) in [6, 6.07) is -13.3. The van der Waals surface area contributed by atoms with Gasteiger partial charge in [0.15, 0.2) is 0 Å². The van der Waals surface area contributed by atoms with E-state index >= 15 is 0 Å². The molecule has 0 radical (unpaired) electrons. The summed E-state index contributed by atoms with van der Waals surface area (Å²) in [5.41, 5.74) is 0. The van der Waals surface area contributed by atoms with Crippen molar-refractivity contribution >= 4 is 23.4 Å². The maximum Gasteiger partial charge on any atom is 0.461 e. The van der Waals surface area contributed by atoms with E-state index in [0.29, 0.717) is 0 Å². The van der Waals surface area contributed by atoms with Gasteiger partial charge in [0.1, 0.15) is 0 Å². The summed E-state index contributed by atoms with van der Waals surface area (Å²) >= 11 is 7.45. The molecule has 0 bridgehead atoms. The van der Waals surface area contributed by atoms with Crippen LogP contribution in [0.2, 0.25) is 0 Å². The van der Waals surface area contributed by atoms with Crippen LogP contribution in [0.5, 0.6) is 0 Å². The number of alkyl halides is 12. The minimum Gasteiger partial charge on any atom is -0.187 e. The van der Waals surface area contributed by atoms with Crippen molar-refractivity contribution in [1.82, 2.24) is 4.42 Å². The highest BCUT2D eigenvalue weighted by Crippen LogP contribution is 2.54. The molecule has 0 aliphatic rings. The van der Waals surface area contributed by atoms with Crippen LogP contribution in [0.1, 0.15) is 0 Å². The molecule has 0 saturated carbocycles. The molecule has 0 fully saturated rings. The summed E-state index contributed by atoms with van der Waals surface area (Å²) in [7, 11) is 0. The Labute approximate surface area is 106 Å². The largest absolute Gasteiger partial charge is 0.461 e. The number of nitrogens with zero attached hydrogens (tertiary/aromatic N) is 1. The highest BCUT2D eigenvalue weighted by molar-refractivity contribution is 6.23. The summed E-state index contributed by atoms with van der Waals surface area (Å²) < 4.78 is 130. The van der Waals surface area contributed by atoms with Gasteiger partial charge < -0.3 is 0 Å². The van der Waals surface area contributed by atoms with Gasteiger partial charge in [0.2, 0.25) is 0 Å². The molecule has 1 nitrogen and oxygen atoms in total. The Morgan fingerprint density at radius 1 is 0.632 bits per heavy atom. The highest BCUT2D eigenvalue weighted by Gasteiger charge is 2.80. The average molecular weight is 354 g/mol. The van der Waals surface area contributed by atoms with E-state index in [0.717, 1.165) is 0 Å². The van der Waals surface area contributed by atoms with Crippen molar-refractivity contribution < 1.29 is 48.3 Å². The van der Waals surface area contributed by atoms with Crippen LogP contribution in [0.3, 0.4) is 0 Å². The Morgan fingerprint density at radius 2 is 0.947 bits per heavy atom. The van der Waals surface area contributed by atoms with Crippen molar-refractivity contribution in [1.29, 1.82) is 0 Å². The van der Waals surface area contributed by atoms with E-state index < -0.39 is 34.0 Å². The molecule has 0 aliphatic heterocycles. The van der Waals surface area contributed by atoms with E-state index in [-0.39, 0.29) is 0 Å². The molecule has 0 spiro atoms. The summed E-state index contributed by atoms with van der Waals surface area (Å²) in [5, 5.41) is -5.93. The van der Waals surface area contributed by atoms with Gasteiger partial charge in [-0.05, 0) is 23.4 Å². The topological polar surface area (TPSA) is 3.24 Å². The lowest BCUT2D eigenvalue weighted by atomic mass is 10.2. The lowest BCUT2D eigenvalue weighted by molar-refractivity contribution is -0.408. The lowest BCUT2D eigenvalue weighted by Gasteiger charge is -2.37. The quantitative estimate of drug-likeness (QED) is 0.307. The molecule has 0 rings (SSSR count). The minimum absolute atomic E-state index is 2.96. The van der Waals surface area contributed by atoms with Gasteiger partial charge in [0, 0.05) is 0 Å². The van der Waals surface area contributed by atoms with E-state index in [1.807, 2.05) is 0 Å². The first kappa shape index (κ1) is 18.8. The monoisotopic (exact) mass is 353 g/mol. The van der Waals surface area contributed by atoms with Gasteiger partial charge in [-0.3, -0.25) is 0 Å². The fraction of sp³-hybridized carbons (Fsp3) is 1.00. The van der Waals surface area contributed by atoms with E-state index in [1.54, 1.807) is 0 Å². The molecule has 0 aromatic carbocycles. The number of rotatable bonds is 4. The zero-order chi connectivity index (χ0) is 16.1. The van der Waals surface area contributed by atoms with E-state index in [1.165, 1.54) is 0 Å². The lowest BCUT2D eigenvalue weighted by Crippen LogP contribution is -2.64. The molecule has 0 aliphatic carbocycles. The van der Waals surface area contributed by atoms with E-state index in [4.69, 9.17) is 0 Å². The second-order valence-electron chi connectivity index (χ2n) is 2.93. The third kappa shape index (κ3) is 2.94. The van der Waals surface area contributed by atoms with Gasteiger partial charge in [-0.2, -0.15) is 48.3 Å². The van der Waals surface area contributed by atoms with Gasteiger partial charge in [0.25, 0.3) is 0 Å². The summed E-state index contributed by atoms with van der Waals surface area (Å²) in [6.07, 6.45) is -7.03. The third-order valence-corrected chi connectivity index (χ3v) is 2.22. The zero-order valence-corrected chi connectivity index (χ0v) is 9.37. The maximum atomic E-state index is 12.6. The predicted molar refractivity (Wildman–Crippen MR) is 39.4 cm³/mol. The standard InChI is InChI=1S/C5Cl2F11N/c6-2(10,11)5(17,18)19(7)4(15,16)1(8,9)3(12,13)14.